The first-order valence-corrected chi connectivity index (χ1v) is 24.9. The molecule has 71 heavy (non-hydrogen) atoms. The molecule has 10 aromatic rings. The van der Waals surface area contributed by atoms with Crippen LogP contribution in [-0.4, -0.2) is 43.2 Å². The zero-order valence-electron chi connectivity index (χ0n) is 39.6. The summed E-state index contributed by atoms with van der Waals surface area (Å²) in [5, 5.41) is 13.8. The molecular weight excluding hydrogens is 982 g/mol. The topological polar surface area (TPSA) is 82.2 Å². The van der Waals surface area contributed by atoms with Crippen LogP contribution in [0.4, 0.5) is 0 Å². The third-order valence-electron chi connectivity index (χ3n) is 12.3. The Morgan fingerprint density at radius 3 is 1.63 bits per heavy atom. The zero-order valence-corrected chi connectivity index (χ0v) is 42.7. The Morgan fingerprint density at radius 1 is 0.592 bits per heavy atom. The summed E-state index contributed by atoms with van der Waals surface area (Å²) in [6, 6.07) is 63.0. The second-order valence-corrected chi connectivity index (χ2v) is 18.5. The summed E-state index contributed by atoms with van der Waals surface area (Å²) in [6.07, 6.45) is 4.83. The van der Waals surface area contributed by atoms with Gasteiger partial charge in [0.1, 0.15) is 0 Å². The maximum Gasteiger partial charge on any atom is 1.00 e. The molecule has 0 spiro atoms. The Kier molecular flexibility index (Phi) is 16.9. The first kappa shape index (κ1) is 51.3. The predicted molar refractivity (Wildman–Crippen MR) is 289 cm³/mol. The molecule has 1 N–H and O–H groups in total. The van der Waals surface area contributed by atoms with Crippen LogP contribution in [0.3, 0.4) is 0 Å². The Balaban J connectivity index is 0.000000139. The molecule has 1 saturated heterocycles. The van der Waals surface area contributed by atoms with Crippen molar-refractivity contribution in [3.05, 3.63) is 244 Å². The number of halogens is 3. The van der Waals surface area contributed by atoms with Gasteiger partial charge in [-0.3, -0.25) is 13.9 Å². The molecular formula is C60H50BrCl2LiN4O3. The Bertz CT molecular complexity index is 3420. The molecule has 11 heteroatoms. The number of carbonyl (C=O) groups is 1. The average Bonchev–Trinajstić information content (AvgIpc) is 4.26. The number of ether oxygens (including phenoxy) is 1. The SMILES string of the molecule is C1CCOC1.Clc1ccc(-c2ccccc2Br)cc1.O=C1c2ccccc2-n2c1nc1ccccc12.OC1(c2ccccc2-c2ccc(Cl)cc2)c2ccccc2-n2c1nc1ccccc12.[CH2-]CCC.[Li+]. The van der Waals surface area contributed by atoms with E-state index in [2.05, 4.69) is 45.4 Å². The van der Waals surface area contributed by atoms with E-state index in [4.69, 9.17) is 32.9 Å². The number of rotatable bonds is 4. The Morgan fingerprint density at radius 2 is 1.06 bits per heavy atom. The minimum Gasteiger partial charge on any atom is -0.381 e. The fourth-order valence-corrected chi connectivity index (χ4v) is 9.56. The molecule has 0 bridgehead atoms. The van der Waals surface area contributed by atoms with Crippen molar-refractivity contribution in [2.24, 2.45) is 0 Å². The number of aliphatic hydroxyl groups is 1. The van der Waals surface area contributed by atoms with Crippen molar-refractivity contribution < 1.29 is 33.5 Å². The number of benzene rings is 8. The second-order valence-electron chi connectivity index (χ2n) is 16.8. The molecule has 0 radical (unpaired) electrons. The minimum atomic E-state index is -1.37. The summed E-state index contributed by atoms with van der Waals surface area (Å²) in [5.74, 6) is 1.15. The molecule has 0 saturated carbocycles. The standard InChI is InChI=1S/C26H17ClN2O.C14H8N2O.C12H8BrCl.C4H8O.C4H9.Li/c27-18-15-13-17(14-16-18)19-7-1-2-8-20(19)26(30)21-9-3-5-11-23(21)29-24-12-6-4-10-22(24)28-25(26)29;17-13-9-5-1-3-7-11(9)16-12-8-4-2-6-10(12)15-14(13)16;13-12-4-2-1-3-11(12)9-5-7-10(14)8-6-9;1-2-4-5-3-1;1-3-4-2;/h1-16,30H;1-8H;1-8H;1-4H2;1,3-4H2,2H3;/q;;;;-1;+1. The van der Waals surface area contributed by atoms with Gasteiger partial charge in [-0.05, 0) is 108 Å². The van der Waals surface area contributed by atoms with Gasteiger partial charge < -0.3 is 16.8 Å². The molecule has 1 unspecified atom stereocenters. The normalized spacial score (nSPS) is 14.4. The van der Waals surface area contributed by atoms with Gasteiger partial charge >= 0.3 is 18.9 Å². The monoisotopic (exact) mass is 1030 g/mol. The van der Waals surface area contributed by atoms with Gasteiger partial charge in [-0.25, -0.2) is 9.97 Å². The number of unbranched alkanes of at least 4 members (excludes halogenated alkanes) is 1. The molecule has 3 aliphatic heterocycles. The quantitative estimate of drug-likeness (QED) is 0.140. The molecule has 5 heterocycles. The van der Waals surface area contributed by atoms with Gasteiger partial charge in [0.2, 0.25) is 5.78 Å². The third-order valence-corrected chi connectivity index (χ3v) is 13.5. The van der Waals surface area contributed by atoms with Crippen molar-refractivity contribution in [2.75, 3.05) is 13.2 Å². The van der Waals surface area contributed by atoms with Crippen molar-refractivity contribution in [1.29, 1.82) is 0 Å². The van der Waals surface area contributed by atoms with Crippen LogP contribution in [0, 0.1) is 6.92 Å². The van der Waals surface area contributed by atoms with E-state index >= 15 is 0 Å². The van der Waals surface area contributed by atoms with E-state index in [9.17, 15) is 9.90 Å². The molecule has 3 aliphatic rings. The summed E-state index contributed by atoms with van der Waals surface area (Å²) < 4.78 is 10.1. The van der Waals surface area contributed by atoms with Crippen LogP contribution in [-0.2, 0) is 10.3 Å². The van der Waals surface area contributed by atoms with Gasteiger partial charge in [-0.2, -0.15) is 6.42 Å². The van der Waals surface area contributed by atoms with E-state index in [0.29, 0.717) is 16.7 Å². The number of carbonyl (C=O) groups excluding carboxylic acids is 1. The van der Waals surface area contributed by atoms with Crippen molar-refractivity contribution in [3.8, 4) is 33.6 Å². The molecule has 0 aliphatic carbocycles. The maximum absolute atomic E-state index is 12.4. The first-order valence-electron chi connectivity index (χ1n) is 23.4. The number of imidazole rings is 2. The first-order chi connectivity index (χ1) is 34.2. The molecule has 1 atom stereocenters. The van der Waals surface area contributed by atoms with E-state index in [1.165, 1.54) is 30.4 Å². The van der Waals surface area contributed by atoms with Crippen molar-refractivity contribution >= 4 is 67.0 Å². The van der Waals surface area contributed by atoms with Crippen LogP contribution < -0.4 is 18.9 Å². The molecule has 0 amide bonds. The van der Waals surface area contributed by atoms with Crippen molar-refractivity contribution in [2.45, 2.75) is 38.2 Å². The Hall–Kier alpha value is -6.05. The summed E-state index contributed by atoms with van der Waals surface area (Å²) in [6.45, 7) is 7.72. The van der Waals surface area contributed by atoms with Gasteiger partial charge in [-0.1, -0.05) is 174 Å². The van der Waals surface area contributed by atoms with Crippen LogP contribution in [0.25, 0.3) is 55.7 Å². The van der Waals surface area contributed by atoms with Gasteiger partial charge in [0, 0.05) is 44.4 Å². The number of para-hydroxylation sites is 6. The van der Waals surface area contributed by atoms with E-state index in [-0.39, 0.29) is 24.6 Å². The van der Waals surface area contributed by atoms with E-state index in [1.54, 1.807) is 0 Å². The molecule has 8 aromatic carbocycles. The van der Waals surface area contributed by atoms with Crippen LogP contribution in [0.2, 0.25) is 10.0 Å². The number of ketones is 1. The molecule has 350 valence electrons. The molecule has 1 fully saturated rings. The summed E-state index contributed by atoms with van der Waals surface area (Å²) in [5.41, 5.74) is 10.9. The van der Waals surface area contributed by atoms with Crippen molar-refractivity contribution in [3.63, 3.8) is 0 Å². The van der Waals surface area contributed by atoms with Gasteiger partial charge in [0.05, 0.1) is 33.4 Å². The van der Waals surface area contributed by atoms with Gasteiger partial charge in [0.25, 0.3) is 0 Å². The molecule has 2 aromatic heterocycles. The Labute approximate surface area is 445 Å². The maximum atomic E-state index is 12.4. The average molecular weight is 1030 g/mol. The predicted octanol–water partition coefficient (Wildman–Crippen LogP) is 12.7. The summed E-state index contributed by atoms with van der Waals surface area (Å²) in [4.78, 5) is 21.5. The molecule has 13 rings (SSSR count). The van der Waals surface area contributed by atoms with Crippen molar-refractivity contribution in [1.82, 2.24) is 19.1 Å². The summed E-state index contributed by atoms with van der Waals surface area (Å²) in [7, 11) is 0. The van der Waals surface area contributed by atoms with Crippen LogP contribution in [0.1, 0.15) is 65.7 Å². The number of nitrogens with zero attached hydrogens (tertiary/aromatic N) is 4. The number of aromatic nitrogens is 4. The third kappa shape index (κ3) is 10.6. The van der Waals surface area contributed by atoms with Crippen LogP contribution in [0.15, 0.2) is 199 Å². The van der Waals surface area contributed by atoms with E-state index in [1.807, 2.05) is 193 Å². The van der Waals surface area contributed by atoms with E-state index in [0.717, 1.165) is 90.4 Å². The smallest absolute Gasteiger partial charge is 0.381 e. The van der Waals surface area contributed by atoms with E-state index < -0.39 is 5.60 Å². The second kappa shape index (κ2) is 23.5. The molecule has 7 nitrogen and oxygen atoms in total. The minimum absolute atomic E-state index is 0. The fraction of sp³-hybridized carbons (Fsp3) is 0.133. The van der Waals surface area contributed by atoms with Gasteiger partial charge in [-0.15, -0.1) is 0 Å². The summed E-state index contributed by atoms with van der Waals surface area (Å²) >= 11 is 15.5. The van der Waals surface area contributed by atoms with Crippen LogP contribution in [0.5, 0.6) is 0 Å². The number of hydrogen-bond acceptors (Lipinski definition) is 5. The van der Waals surface area contributed by atoms with Crippen LogP contribution >= 0.6 is 39.1 Å². The number of fused-ring (bicyclic) bond motifs is 10. The largest absolute Gasteiger partial charge is 1.00 e. The fourth-order valence-electron chi connectivity index (χ4n) is 8.79. The number of hydrogen-bond donors (Lipinski definition) is 1. The zero-order chi connectivity index (χ0) is 48.6. The van der Waals surface area contributed by atoms with Gasteiger partial charge in [0.15, 0.2) is 17.2 Å².